The molecule has 0 saturated heterocycles. The van der Waals surface area contributed by atoms with Gasteiger partial charge in [-0.1, -0.05) is 0 Å². The van der Waals surface area contributed by atoms with Crippen LogP contribution in [0.25, 0.3) is 0 Å². The standard InChI is InChI=1S/C12H27NO2Si/c1-7-13(8-2)11(9(3)14-5)12(16)10(4)15-6/h9-10H,7-8H2,1-6,16H3. The third-order valence-corrected chi connectivity index (χ3v) is 4.54. The number of ether oxygens (including phenoxy) is 2. The molecule has 0 rings (SSSR count). The van der Waals surface area contributed by atoms with E-state index in [-0.39, 0.29) is 12.2 Å². The van der Waals surface area contributed by atoms with Gasteiger partial charge in [0.2, 0.25) is 0 Å². The van der Waals surface area contributed by atoms with Crippen LogP contribution in [0, 0.1) is 0 Å². The Balaban J connectivity index is 5.19. The van der Waals surface area contributed by atoms with E-state index < -0.39 is 0 Å². The van der Waals surface area contributed by atoms with E-state index in [1.807, 2.05) is 0 Å². The van der Waals surface area contributed by atoms with Crippen LogP contribution in [0.2, 0.25) is 0 Å². The topological polar surface area (TPSA) is 21.7 Å². The van der Waals surface area contributed by atoms with Crippen LogP contribution in [-0.4, -0.2) is 54.7 Å². The summed E-state index contributed by atoms with van der Waals surface area (Å²) in [5, 5.41) is 1.39. The summed E-state index contributed by atoms with van der Waals surface area (Å²) in [4.78, 5) is 2.37. The number of nitrogens with zero attached hydrogens (tertiary/aromatic N) is 1. The van der Waals surface area contributed by atoms with Gasteiger partial charge < -0.3 is 14.4 Å². The Labute approximate surface area is 103 Å². The normalized spacial score (nSPS) is 16.9. The van der Waals surface area contributed by atoms with Crippen LogP contribution in [0.15, 0.2) is 10.9 Å². The fourth-order valence-electron chi connectivity index (χ4n) is 1.89. The average molecular weight is 245 g/mol. The minimum atomic E-state index is 0.144. The summed E-state index contributed by atoms with van der Waals surface area (Å²) in [6.07, 6.45) is 0.338. The smallest absolute Gasteiger partial charge is 0.0935 e. The van der Waals surface area contributed by atoms with Crippen LogP contribution in [0.4, 0.5) is 0 Å². The quantitative estimate of drug-likeness (QED) is 0.624. The Bertz CT molecular complexity index is 227. The van der Waals surface area contributed by atoms with Crippen molar-refractivity contribution in [3.63, 3.8) is 0 Å². The van der Waals surface area contributed by atoms with Crippen LogP contribution in [0.5, 0.6) is 0 Å². The molecule has 0 radical (unpaired) electrons. The van der Waals surface area contributed by atoms with Crippen molar-refractivity contribution in [2.24, 2.45) is 0 Å². The lowest BCUT2D eigenvalue weighted by atomic mass is 10.2. The van der Waals surface area contributed by atoms with Crippen molar-refractivity contribution in [1.82, 2.24) is 4.90 Å². The molecule has 0 aliphatic carbocycles. The molecule has 0 heterocycles. The molecule has 0 fully saturated rings. The maximum atomic E-state index is 5.48. The first kappa shape index (κ1) is 15.7. The van der Waals surface area contributed by atoms with Crippen molar-refractivity contribution < 1.29 is 9.47 Å². The maximum absolute atomic E-state index is 5.48. The van der Waals surface area contributed by atoms with Crippen LogP contribution < -0.4 is 0 Å². The lowest BCUT2D eigenvalue weighted by Crippen LogP contribution is -2.33. The molecule has 16 heavy (non-hydrogen) atoms. The molecule has 0 aromatic carbocycles. The van der Waals surface area contributed by atoms with Crippen molar-refractivity contribution in [2.45, 2.75) is 39.9 Å². The molecule has 96 valence electrons. The summed E-state index contributed by atoms with van der Waals surface area (Å²) >= 11 is 0. The second-order valence-electron chi connectivity index (χ2n) is 4.00. The highest BCUT2D eigenvalue weighted by atomic mass is 28.1. The third-order valence-electron chi connectivity index (χ3n) is 3.21. The number of likely N-dealkylation sites (N-methyl/N-ethyl adjacent to an activating group) is 1. The molecule has 2 unspecified atom stereocenters. The summed E-state index contributed by atoms with van der Waals surface area (Å²) in [6, 6.07) is 0. The van der Waals surface area contributed by atoms with Gasteiger partial charge in [-0.15, -0.1) is 0 Å². The van der Waals surface area contributed by atoms with Gasteiger partial charge in [0.15, 0.2) is 0 Å². The van der Waals surface area contributed by atoms with E-state index in [0.717, 1.165) is 23.3 Å². The highest BCUT2D eigenvalue weighted by molar-refractivity contribution is 6.22. The SMILES string of the molecule is CCN(CC)C(=C([SiH3])C(C)OC)C(C)OC. The summed E-state index contributed by atoms with van der Waals surface area (Å²) in [6.45, 7) is 10.6. The predicted molar refractivity (Wildman–Crippen MR) is 72.8 cm³/mol. The lowest BCUT2D eigenvalue weighted by Gasteiger charge is -2.32. The summed E-state index contributed by atoms with van der Waals surface area (Å²) < 4.78 is 10.9. The predicted octanol–water partition coefficient (Wildman–Crippen LogP) is 0.975. The van der Waals surface area contributed by atoms with Crippen LogP contribution in [0.1, 0.15) is 27.7 Å². The fourth-order valence-corrected chi connectivity index (χ4v) is 2.85. The average Bonchev–Trinajstić information content (AvgIpc) is 2.32. The first-order valence-electron chi connectivity index (χ1n) is 6.04. The van der Waals surface area contributed by atoms with Gasteiger partial charge in [-0.3, -0.25) is 0 Å². The second-order valence-corrected chi connectivity index (χ2v) is 5.07. The van der Waals surface area contributed by atoms with E-state index >= 15 is 0 Å². The Morgan fingerprint density at radius 1 is 1.06 bits per heavy atom. The summed E-state index contributed by atoms with van der Waals surface area (Å²) in [5.74, 6) is 0. The molecule has 0 aliphatic rings. The molecule has 0 bridgehead atoms. The summed E-state index contributed by atoms with van der Waals surface area (Å²) in [7, 11) is 4.54. The highest BCUT2D eigenvalue weighted by Gasteiger charge is 2.19. The molecule has 0 aromatic heterocycles. The minimum absolute atomic E-state index is 0.144. The Morgan fingerprint density at radius 2 is 1.50 bits per heavy atom. The molecule has 4 heteroatoms. The van der Waals surface area contributed by atoms with Gasteiger partial charge in [-0.25, -0.2) is 0 Å². The number of hydrogen-bond acceptors (Lipinski definition) is 3. The van der Waals surface area contributed by atoms with Crippen molar-refractivity contribution in [3.05, 3.63) is 10.9 Å². The summed E-state index contributed by atoms with van der Waals surface area (Å²) in [5.41, 5.74) is 1.31. The lowest BCUT2D eigenvalue weighted by molar-refractivity contribution is 0.107. The second kappa shape index (κ2) is 7.87. The molecule has 0 amide bonds. The van der Waals surface area contributed by atoms with Gasteiger partial charge in [-0.2, -0.15) is 0 Å². The number of rotatable bonds is 7. The fraction of sp³-hybridized carbons (Fsp3) is 0.833. The zero-order valence-electron chi connectivity index (χ0n) is 11.8. The van der Waals surface area contributed by atoms with E-state index in [2.05, 4.69) is 32.6 Å². The Hall–Kier alpha value is -0.323. The largest absolute Gasteiger partial charge is 0.378 e. The Kier molecular flexibility index (Phi) is 7.71. The first-order valence-corrected chi connectivity index (χ1v) is 7.04. The number of methoxy groups -OCH3 is 2. The third kappa shape index (κ3) is 3.92. The van der Waals surface area contributed by atoms with Gasteiger partial charge in [0.05, 0.1) is 12.2 Å². The maximum Gasteiger partial charge on any atom is 0.0935 e. The van der Waals surface area contributed by atoms with Gasteiger partial charge in [0.25, 0.3) is 0 Å². The van der Waals surface area contributed by atoms with Crippen molar-refractivity contribution in [1.29, 1.82) is 0 Å². The van der Waals surface area contributed by atoms with E-state index in [1.54, 1.807) is 14.2 Å². The molecule has 3 nitrogen and oxygen atoms in total. The van der Waals surface area contributed by atoms with E-state index in [4.69, 9.17) is 9.47 Å². The molecule has 0 spiro atoms. The van der Waals surface area contributed by atoms with Crippen LogP contribution >= 0.6 is 0 Å². The minimum Gasteiger partial charge on any atom is -0.378 e. The zero-order valence-corrected chi connectivity index (χ0v) is 13.8. The van der Waals surface area contributed by atoms with E-state index in [0.29, 0.717) is 0 Å². The first-order chi connectivity index (χ1) is 7.53. The number of hydrogen-bond donors (Lipinski definition) is 0. The van der Waals surface area contributed by atoms with Crippen molar-refractivity contribution in [3.8, 4) is 0 Å². The molecule has 0 aromatic rings. The molecular weight excluding hydrogens is 218 g/mol. The Morgan fingerprint density at radius 3 is 1.81 bits per heavy atom. The highest BCUT2D eigenvalue weighted by Crippen LogP contribution is 2.18. The van der Waals surface area contributed by atoms with E-state index in [9.17, 15) is 0 Å². The molecule has 2 atom stereocenters. The molecule has 0 saturated carbocycles. The molecule has 0 aliphatic heterocycles. The van der Waals surface area contributed by atoms with Gasteiger partial charge in [-0.05, 0) is 32.9 Å². The van der Waals surface area contributed by atoms with Crippen LogP contribution in [-0.2, 0) is 9.47 Å². The molecule has 0 N–H and O–H groups in total. The van der Waals surface area contributed by atoms with Crippen molar-refractivity contribution >= 4 is 10.2 Å². The van der Waals surface area contributed by atoms with Crippen molar-refractivity contribution in [2.75, 3.05) is 27.3 Å². The van der Waals surface area contributed by atoms with E-state index in [1.165, 1.54) is 10.9 Å². The van der Waals surface area contributed by atoms with Gasteiger partial charge in [0, 0.05) is 43.2 Å². The zero-order chi connectivity index (χ0) is 12.7. The van der Waals surface area contributed by atoms with Gasteiger partial charge in [0.1, 0.15) is 0 Å². The van der Waals surface area contributed by atoms with Gasteiger partial charge >= 0.3 is 0 Å². The monoisotopic (exact) mass is 245 g/mol. The van der Waals surface area contributed by atoms with Crippen LogP contribution in [0.3, 0.4) is 0 Å². The molecular formula is C12H27NO2Si.